The molecule has 0 aliphatic heterocycles. The van der Waals surface area contributed by atoms with Gasteiger partial charge in [0.05, 0.1) is 6.61 Å². The minimum atomic E-state index is -0.161. The van der Waals surface area contributed by atoms with Crippen LogP contribution in [0.5, 0.6) is 0 Å². The minimum absolute atomic E-state index is 0.0332. The van der Waals surface area contributed by atoms with Gasteiger partial charge in [-0.1, -0.05) is 6.92 Å². The van der Waals surface area contributed by atoms with Crippen LogP contribution in [0.3, 0.4) is 0 Å². The molecule has 0 rings (SSSR count). The largest absolute Gasteiger partial charge is 0.395 e. The van der Waals surface area contributed by atoms with Crippen molar-refractivity contribution in [2.24, 2.45) is 5.92 Å². The zero-order chi connectivity index (χ0) is 8.69. The number of rotatable bonds is 4. The van der Waals surface area contributed by atoms with Crippen LogP contribution in [0.4, 0.5) is 0 Å². The van der Waals surface area contributed by atoms with Crippen molar-refractivity contribution < 1.29 is 9.90 Å². The predicted molar refractivity (Wildman–Crippen MR) is 42.7 cm³/mol. The van der Waals surface area contributed by atoms with E-state index in [2.05, 4.69) is 11.2 Å². The summed E-state index contributed by atoms with van der Waals surface area (Å²) in [5.74, 6) is 2.14. The third kappa shape index (κ3) is 4.40. The molecule has 1 unspecified atom stereocenters. The molecule has 3 heteroatoms. The highest BCUT2D eigenvalue weighted by molar-refractivity contribution is 5.78. The number of carbonyl (C=O) groups excluding carboxylic acids is 1. The van der Waals surface area contributed by atoms with Crippen molar-refractivity contribution in [3.05, 3.63) is 0 Å². The van der Waals surface area contributed by atoms with Crippen LogP contribution in [0.1, 0.15) is 13.3 Å². The molecule has 0 heterocycles. The van der Waals surface area contributed by atoms with Gasteiger partial charge in [-0.25, -0.2) is 0 Å². The molecule has 0 fully saturated rings. The van der Waals surface area contributed by atoms with Crippen LogP contribution in [0.15, 0.2) is 0 Å². The number of terminal acetylenes is 1. The summed E-state index contributed by atoms with van der Waals surface area (Å²) in [6, 6.07) is 0. The Morgan fingerprint density at radius 2 is 2.45 bits per heavy atom. The van der Waals surface area contributed by atoms with Crippen molar-refractivity contribution in [1.29, 1.82) is 0 Å². The van der Waals surface area contributed by atoms with Gasteiger partial charge in [0.1, 0.15) is 0 Å². The molecule has 0 radical (unpaired) electrons. The molecule has 62 valence electrons. The first-order valence-corrected chi connectivity index (χ1v) is 3.54. The first-order chi connectivity index (χ1) is 5.22. The fourth-order valence-corrected chi connectivity index (χ4v) is 0.623. The van der Waals surface area contributed by atoms with Gasteiger partial charge >= 0.3 is 0 Å². The Morgan fingerprint density at radius 1 is 1.82 bits per heavy atom. The Bertz CT molecular complexity index is 160. The van der Waals surface area contributed by atoms with Crippen molar-refractivity contribution in [3.8, 4) is 12.3 Å². The molecule has 0 saturated heterocycles. The summed E-state index contributed by atoms with van der Waals surface area (Å²) in [6.45, 7) is 2.02. The molecule has 2 N–H and O–H groups in total. The molecule has 0 aromatic rings. The zero-order valence-corrected chi connectivity index (χ0v) is 6.63. The first-order valence-electron chi connectivity index (χ1n) is 3.54. The Kier molecular flexibility index (Phi) is 5.22. The number of hydrogen-bond donors (Lipinski definition) is 2. The van der Waals surface area contributed by atoms with Gasteiger partial charge in [-0.2, -0.15) is 0 Å². The fraction of sp³-hybridized carbons (Fsp3) is 0.625. The standard InChI is InChI=1S/C8H13NO2/c1-3-4-7(2)8(11)9-5-6-10/h1,7,10H,4-6H2,2H3,(H,9,11). The minimum Gasteiger partial charge on any atom is -0.395 e. The molecule has 0 aromatic heterocycles. The molecule has 0 aromatic carbocycles. The Balaban J connectivity index is 3.57. The third-order valence-corrected chi connectivity index (χ3v) is 1.28. The lowest BCUT2D eigenvalue weighted by molar-refractivity contribution is -0.124. The molecule has 3 nitrogen and oxygen atoms in total. The average Bonchev–Trinajstić information content (AvgIpc) is 2.00. The van der Waals surface area contributed by atoms with E-state index in [0.29, 0.717) is 13.0 Å². The van der Waals surface area contributed by atoms with Gasteiger partial charge in [0.15, 0.2) is 0 Å². The van der Waals surface area contributed by atoms with Gasteiger partial charge in [-0.05, 0) is 0 Å². The number of nitrogens with one attached hydrogen (secondary N) is 1. The lowest BCUT2D eigenvalue weighted by atomic mass is 10.1. The van der Waals surface area contributed by atoms with E-state index in [-0.39, 0.29) is 18.4 Å². The maximum Gasteiger partial charge on any atom is 0.223 e. The maximum atomic E-state index is 11.0. The average molecular weight is 155 g/mol. The van der Waals surface area contributed by atoms with Gasteiger partial charge in [-0.3, -0.25) is 4.79 Å². The summed E-state index contributed by atoms with van der Waals surface area (Å²) in [4.78, 5) is 11.0. The Hall–Kier alpha value is -1.01. The van der Waals surface area contributed by atoms with Gasteiger partial charge in [0.25, 0.3) is 0 Å². The maximum absolute atomic E-state index is 11.0. The second kappa shape index (κ2) is 5.75. The number of aliphatic hydroxyl groups is 1. The number of amides is 1. The second-order valence-corrected chi connectivity index (χ2v) is 2.32. The smallest absolute Gasteiger partial charge is 0.223 e. The molecule has 0 aliphatic rings. The van der Waals surface area contributed by atoms with Gasteiger partial charge < -0.3 is 10.4 Å². The van der Waals surface area contributed by atoms with Crippen molar-refractivity contribution in [1.82, 2.24) is 5.32 Å². The van der Waals surface area contributed by atoms with Crippen molar-refractivity contribution in [2.45, 2.75) is 13.3 Å². The van der Waals surface area contributed by atoms with Crippen LogP contribution >= 0.6 is 0 Å². The van der Waals surface area contributed by atoms with E-state index in [1.54, 1.807) is 6.92 Å². The van der Waals surface area contributed by atoms with Gasteiger partial charge in [0, 0.05) is 18.9 Å². The van der Waals surface area contributed by atoms with Crippen LogP contribution < -0.4 is 5.32 Å². The quantitative estimate of drug-likeness (QED) is 0.550. The second-order valence-electron chi connectivity index (χ2n) is 2.32. The SMILES string of the molecule is C#CCC(C)C(=O)NCCO. The molecule has 0 saturated carbocycles. The van der Waals surface area contributed by atoms with E-state index in [1.165, 1.54) is 0 Å². The normalized spacial score (nSPS) is 11.7. The molecule has 1 amide bonds. The van der Waals surface area contributed by atoms with Crippen LogP contribution in [0, 0.1) is 18.3 Å². The van der Waals surface area contributed by atoms with Crippen LogP contribution in [0.25, 0.3) is 0 Å². The molecular weight excluding hydrogens is 142 g/mol. The number of hydrogen-bond acceptors (Lipinski definition) is 2. The summed E-state index contributed by atoms with van der Waals surface area (Å²) in [7, 11) is 0. The van der Waals surface area contributed by atoms with Crippen LogP contribution in [-0.4, -0.2) is 24.2 Å². The highest BCUT2D eigenvalue weighted by Gasteiger charge is 2.09. The highest BCUT2D eigenvalue weighted by atomic mass is 16.3. The summed E-state index contributed by atoms with van der Waals surface area (Å²) >= 11 is 0. The third-order valence-electron chi connectivity index (χ3n) is 1.28. The summed E-state index contributed by atoms with van der Waals surface area (Å²) < 4.78 is 0. The molecule has 1 atom stereocenters. The summed E-state index contributed by atoms with van der Waals surface area (Å²) in [6.07, 6.45) is 5.46. The van der Waals surface area contributed by atoms with Crippen LogP contribution in [-0.2, 0) is 4.79 Å². The molecule has 11 heavy (non-hydrogen) atoms. The number of aliphatic hydroxyl groups excluding tert-OH is 1. The molecular formula is C8H13NO2. The molecule has 0 bridgehead atoms. The van der Waals surface area contributed by atoms with Gasteiger partial charge in [0.2, 0.25) is 5.91 Å². The summed E-state index contributed by atoms with van der Waals surface area (Å²) in [5.41, 5.74) is 0. The predicted octanol–water partition coefficient (Wildman–Crippen LogP) is -0.246. The Labute approximate surface area is 66.8 Å². The zero-order valence-electron chi connectivity index (χ0n) is 6.63. The van der Waals surface area contributed by atoms with Crippen molar-refractivity contribution >= 4 is 5.91 Å². The monoisotopic (exact) mass is 155 g/mol. The lowest BCUT2D eigenvalue weighted by Gasteiger charge is -2.07. The number of carbonyl (C=O) groups is 1. The fourth-order valence-electron chi connectivity index (χ4n) is 0.623. The van der Waals surface area contributed by atoms with E-state index in [1.807, 2.05) is 0 Å². The van der Waals surface area contributed by atoms with E-state index in [0.717, 1.165) is 0 Å². The van der Waals surface area contributed by atoms with E-state index < -0.39 is 0 Å². The van der Waals surface area contributed by atoms with Crippen molar-refractivity contribution in [3.63, 3.8) is 0 Å². The highest BCUT2D eigenvalue weighted by Crippen LogP contribution is 1.98. The van der Waals surface area contributed by atoms with E-state index in [9.17, 15) is 4.79 Å². The molecule has 0 aliphatic carbocycles. The molecule has 0 spiro atoms. The topological polar surface area (TPSA) is 49.3 Å². The lowest BCUT2D eigenvalue weighted by Crippen LogP contribution is -2.31. The van der Waals surface area contributed by atoms with Gasteiger partial charge in [-0.15, -0.1) is 12.3 Å². The first kappa shape index (κ1) is 9.99. The summed E-state index contributed by atoms with van der Waals surface area (Å²) in [5, 5.41) is 10.9. The Morgan fingerprint density at radius 3 is 2.91 bits per heavy atom. The van der Waals surface area contributed by atoms with E-state index in [4.69, 9.17) is 11.5 Å². The van der Waals surface area contributed by atoms with Crippen molar-refractivity contribution in [2.75, 3.05) is 13.2 Å². The van der Waals surface area contributed by atoms with Crippen LogP contribution in [0.2, 0.25) is 0 Å². The van der Waals surface area contributed by atoms with E-state index >= 15 is 0 Å².